The van der Waals surface area contributed by atoms with Gasteiger partial charge in [0.05, 0.1) is 6.61 Å². The van der Waals surface area contributed by atoms with Crippen molar-refractivity contribution in [3.63, 3.8) is 0 Å². The number of carbonyl (C=O) groups is 1. The fraction of sp³-hybridized carbons (Fsp3) is 0.231. The minimum atomic E-state index is -1.04. The Morgan fingerprint density at radius 1 is 1.35 bits per heavy atom. The lowest BCUT2D eigenvalue weighted by Crippen LogP contribution is -2.06. The van der Waals surface area contributed by atoms with Gasteiger partial charge in [-0.3, -0.25) is 0 Å². The number of pyridine rings is 1. The molecule has 0 unspecified atom stereocenters. The molecule has 104 valence electrons. The van der Waals surface area contributed by atoms with Gasteiger partial charge in [0, 0.05) is 25.0 Å². The molecule has 20 heavy (non-hydrogen) atoms. The summed E-state index contributed by atoms with van der Waals surface area (Å²) in [6, 6.07) is 4.82. The number of anilines is 1. The highest BCUT2D eigenvalue weighted by Gasteiger charge is 2.04. The van der Waals surface area contributed by atoms with Gasteiger partial charge in [-0.1, -0.05) is 6.07 Å². The van der Waals surface area contributed by atoms with Crippen molar-refractivity contribution in [3.05, 3.63) is 41.9 Å². The van der Waals surface area contributed by atoms with E-state index in [4.69, 9.17) is 9.84 Å². The Labute approximate surface area is 115 Å². The second-order valence-electron chi connectivity index (χ2n) is 3.86. The quantitative estimate of drug-likeness (QED) is 0.825. The van der Waals surface area contributed by atoms with Crippen LogP contribution in [-0.4, -0.2) is 32.6 Å². The summed E-state index contributed by atoms with van der Waals surface area (Å²) in [5, 5.41) is 11.8. The highest BCUT2D eigenvalue weighted by atomic mass is 16.5. The van der Waals surface area contributed by atoms with Crippen LogP contribution in [0.1, 0.15) is 23.0 Å². The molecule has 0 saturated heterocycles. The van der Waals surface area contributed by atoms with Crippen molar-refractivity contribution < 1.29 is 14.6 Å². The van der Waals surface area contributed by atoms with Crippen LogP contribution in [0.25, 0.3) is 0 Å². The first-order valence-electron chi connectivity index (χ1n) is 6.07. The smallest absolute Gasteiger partial charge is 0.354 e. The summed E-state index contributed by atoms with van der Waals surface area (Å²) in [7, 11) is 0. The first-order valence-corrected chi connectivity index (χ1v) is 6.07. The van der Waals surface area contributed by atoms with Gasteiger partial charge in [0.15, 0.2) is 0 Å². The van der Waals surface area contributed by atoms with Crippen molar-refractivity contribution in [1.29, 1.82) is 0 Å². The predicted molar refractivity (Wildman–Crippen MR) is 71.7 cm³/mol. The van der Waals surface area contributed by atoms with Gasteiger partial charge >= 0.3 is 5.97 Å². The molecule has 0 saturated carbocycles. The lowest BCUT2D eigenvalue weighted by Gasteiger charge is -2.06. The Bertz CT molecular complexity index is 586. The molecule has 0 atom stereocenters. The third-order valence-electron chi connectivity index (χ3n) is 2.42. The zero-order valence-corrected chi connectivity index (χ0v) is 10.9. The molecule has 0 aliphatic rings. The standard InChI is InChI=1S/C13H14N4O3/c1-2-20-11-5-6-14-13(17-11)16-8-9-3-4-10(12(18)19)15-7-9/h3-7H,2,8H2,1H3,(H,18,19)(H,14,16,17). The van der Waals surface area contributed by atoms with Crippen LogP contribution in [-0.2, 0) is 6.54 Å². The van der Waals surface area contributed by atoms with E-state index < -0.39 is 5.97 Å². The highest BCUT2D eigenvalue weighted by Crippen LogP contribution is 2.09. The van der Waals surface area contributed by atoms with Crippen LogP contribution in [0.15, 0.2) is 30.6 Å². The van der Waals surface area contributed by atoms with E-state index in [1.165, 1.54) is 12.3 Å². The van der Waals surface area contributed by atoms with Crippen molar-refractivity contribution in [3.8, 4) is 5.88 Å². The van der Waals surface area contributed by atoms with Gasteiger partial charge in [-0.05, 0) is 18.6 Å². The number of ether oxygens (including phenoxy) is 1. The highest BCUT2D eigenvalue weighted by molar-refractivity contribution is 5.85. The third kappa shape index (κ3) is 3.64. The number of hydrogen-bond donors (Lipinski definition) is 2. The maximum absolute atomic E-state index is 10.7. The van der Waals surface area contributed by atoms with E-state index in [-0.39, 0.29) is 5.69 Å². The summed E-state index contributed by atoms with van der Waals surface area (Å²) < 4.78 is 5.27. The lowest BCUT2D eigenvalue weighted by molar-refractivity contribution is 0.0690. The molecule has 2 rings (SSSR count). The van der Waals surface area contributed by atoms with Gasteiger partial charge in [0.2, 0.25) is 11.8 Å². The predicted octanol–water partition coefficient (Wildman–Crippen LogP) is 1.58. The number of carboxylic acids is 1. The summed E-state index contributed by atoms with van der Waals surface area (Å²) in [5.74, 6) is -0.0973. The van der Waals surface area contributed by atoms with Crippen molar-refractivity contribution in [2.45, 2.75) is 13.5 Å². The topological polar surface area (TPSA) is 97.2 Å². The van der Waals surface area contributed by atoms with E-state index in [1.54, 1.807) is 18.3 Å². The van der Waals surface area contributed by atoms with Gasteiger partial charge in [-0.15, -0.1) is 0 Å². The van der Waals surface area contributed by atoms with Gasteiger partial charge in [0.1, 0.15) is 5.69 Å². The van der Waals surface area contributed by atoms with E-state index in [0.29, 0.717) is 25.0 Å². The minimum absolute atomic E-state index is 0.0170. The molecular weight excluding hydrogens is 260 g/mol. The second kappa shape index (κ2) is 6.46. The average molecular weight is 274 g/mol. The fourth-order valence-electron chi connectivity index (χ4n) is 1.49. The van der Waals surface area contributed by atoms with Crippen molar-refractivity contribution in [2.24, 2.45) is 0 Å². The Morgan fingerprint density at radius 2 is 2.20 bits per heavy atom. The van der Waals surface area contributed by atoms with Crippen LogP contribution >= 0.6 is 0 Å². The number of nitrogens with zero attached hydrogens (tertiary/aromatic N) is 3. The summed E-state index contributed by atoms with van der Waals surface area (Å²) in [4.78, 5) is 22.7. The molecule has 2 N–H and O–H groups in total. The van der Waals surface area contributed by atoms with Crippen molar-refractivity contribution in [1.82, 2.24) is 15.0 Å². The zero-order chi connectivity index (χ0) is 14.4. The van der Waals surface area contributed by atoms with Crippen LogP contribution in [0.5, 0.6) is 5.88 Å². The zero-order valence-electron chi connectivity index (χ0n) is 10.9. The molecule has 7 heteroatoms. The van der Waals surface area contributed by atoms with E-state index in [0.717, 1.165) is 5.56 Å². The molecule has 0 aliphatic heterocycles. The maximum atomic E-state index is 10.7. The van der Waals surface area contributed by atoms with E-state index in [2.05, 4.69) is 20.3 Å². The van der Waals surface area contributed by atoms with E-state index in [1.807, 2.05) is 6.92 Å². The molecule has 7 nitrogen and oxygen atoms in total. The van der Waals surface area contributed by atoms with E-state index >= 15 is 0 Å². The number of aromatic nitrogens is 3. The SMILES string of the molecule is CCOc1ccnc(NCc2ccc(C(=O)O)nc2)n1. The van der Waals surface area contributed by atoms with Gasteiger partial charge in [-0.25, -0.2) is 14.8 Å². The summed E-state index contributed by atoms with van der Waals surface area (Å²) in [6.45, 7) is 2.87. The Kier molecular flexibility index (Phi) is 4.43. The summed E-state index contributed by atoms with van der Waals surface area (Å²) >= 11 is 0. The van der Waals surface area contributed by atoms with Crippen LogP contribution in [0.4, 0.5) is 5.95 Å². The average Bonchev–Trinajstić information content (AvgIpc) is 2.46. The number of hydrogen-bond acceptors (Lipinski definition) is 6. The number of nitrogens with one attached hydrogen (secondary N) is 1. The van der Waals surface area contributed by atoms with Crippen molar-refractivity contribution >= 4 is 11.9 Å². The Morgan fingerprint density at radius 3 is 2.85 bits per heavy atom. The lowest BCUT2D eigenvalue weighted by atomic mass is 10.2. The first kappa shape index (κ1) is 13.7. The molecule has 2 heterocycles. The number of aromatic carboxylic acids is 1. The van der Waals surface area contributed by atoms with E-state index in [9.17, 15) is 4.79 Å². The largest absolute Gasteiger partial charge is 0.478 e. The monoisotopic (exact) mass is 274 g/mol. The molecule has 0 bridgehead atoms. The number of carboxylic acid groups (broad SMARTS) is 1. The molecule has 0 radical (unpaired) electrons. The molecule has 2 aromatic heterocycles. The van der Waals surface area contributed by atoms with Crippen LogP contribution in [0, 0.1) is 0 Å². The second-order valence-corrected chi connectivity index (χ2v) is 3.86. The molecule has 0 fully saturated rings. The first-order chi connectivity index (χ1) is 9.69. The molecular formula is C13H14N4O3. The number of rotatable bonds is 6. The summed E-state index contributed by atoms with van der Waals surface area (Å²) in [6.07, 6.45) is 3.11. The van der Waals surface area contributed by atoms with Crippen LogP contribution in [0.2, 0.25) is 0 Å². The third-order valence-corrected chi connectivity index (χ3v) is 2.42. The maximum Gasteiger partial charge on any atom is 0.354 e. The molecule has 0 spiro atoms. The Hall–Kier alpha value is -2.70. The molecule has 0 aliphatic carbocycles. The van der Waals surface area contributed by atoms with Gasteiger partial charge in [-0.2, -0.15) is 4.98 Å². The normalized spacial score (nSPS) is 10.1. The van der Waals surface area contributed by atoms with Crippen LogP contribution < -0.4 is 10.1 Å². The Balaban J connectivity index is 1.97. The fourth-order valence-corrected chi connectivity index (χ4v) is 1.49. The van der Waals surface area contributed by atoms with Gasteiger partial charge in [0.25, 0.3) is 0 Å². The minimum Gasteiger partial charge on any atom is -0.478 e. The van der Waals surface area contributed by atoms with Crippen molar-refractivity contribution in [2.75, 3.05) is 11.9 Å². The summed E-state index contributed by atoms with van der Waals surface area (Å²) in [5.41, 5.74) is 0.851. The van der Waals surface area contributed by atoms with Gasteiger partial charge < -0.3 is 15.2 Å². The van der Waals surface area contributed by atoms with Crippen LogP contribution in [0.3, 0.4) is 0 Å². The molecule has 0 aromatic carbocycles. The molecule has 0 amide bonds. The molecule has 2 aromatic rings.